The van der Waals surface area contributed by atoms with Crippen LogP contribution in [-0.2, 0) is 26.9 Å². The van der Waals surface area contributed by atoms with Gasteiger partial charge in [0, 0.05) is 32.4 Å². The third-order valence-electron chi connectivity index (χ3n) is 4.63. The maximum Gasteiger partial charge on any atom is 0.306 e. The second kappa shape index (κ2) is 8.92. The van der Waals surface area contributed by atoms with Gasteiger partial charge >= 0.3 is 5.97 Å². The van der Waals surface area contributed by atoms with Gasteiger partial charge in [0.05, 0.1) is 23.5 Å². The van der Waals surface area contributed by atoms with Crippen molar-refractivity contribution in [2.45, 2.75) is 38.8 Å². The van der Waals surface area contributed by atoms with E-state index in [1.54, 1.807) is 25.3 Å². The van der Waals surface area contributed by atoms with Crippen molar-refractivity contribution in [2.24, 2.45) is 5.92 Å². The van der Waals surface area contributed by atoms with Gasteiger partial charge < -0.3 is 20.3 Å². The molecule has 0 spiro atoms. The topological polar surface area (TPSA) is 112 Å². The van der Waals surface area contributed by atoms with E-state index in [-0.39, 0.29) is 0 Å². The maximum absolute atomic E-state index is 13.2. The molecule has 148 valence electrons. The van der Waals surface area contributed by atoms with E-state index >= 15 is 0 Å². The first-order chi connectivity index (χ1) is 12.9. The number of hydrogen-bond acceptors (Lipinski definition) is 6. The Labute approximate surface area is 157 Å². The summed E-state index contributed by atoms with van der Waals surface area (Å²) < 4.78 is 25.6. The number of methoxy groups -OCH3 is 2. The number of nitrogens with two attached hydrogens (primary N) is 1. The standard InChI is InChI=1S/C18H25FN4O4/c1-12(17(24)25)5-4-7-18(26-2,27-3)15-9-13(6-8-21-15)16-14(20)10-22-23(16)11-19/h6,8-10,12H,4-5,7,11,20H2,1-3H3,(H,24,25)/t12-/m1/s1. The summed E-state index contributed by atoms with van der Waals surface area (Å²) in [5.41, 5.74) is 7.84. The minimum Gasteiger partial charge on any atom is -0.481 e. The summed E-state index contributed by atoms with van der Waals surface area (Å²) in [7, 11) is 3.00. The fraction of sp³-hybridized carbons (Fsp3) is 0.500. The van der Waals surface area contributed by atoms with Crippen LogP contribution in [-0.4, -0.2) is 40.1 Å². The Bertz CT molecular complexity index is 776. The number of aliphatic carboxylic acids is 1. The molecule has 2 aromatic heterocycles. The van der Waals surface area contributed by atoms with E-state index < -0.39 is 24.5 Å². The number of aromatic nitrogens is 3. The van der Waals surface area contributed by atoms with Gasteiger partial charge in [-0.2, -0.15) is 5.10 Å². The van der Waals surface area contributed by atoms with Crippen molar-refractivity contribution in [1.82, 2.24) is 14.8 Å². The molecular formula is C18H25FN4O4. The molecule has 0 saturated carbocycles. The highest BCUT2D eigenvalue weighted by Crippen LogP contribution is 2.34. The van der Waals surface area contributed by atoms with E-state index in [2.05, 4.69) is 10.1 Å². The van der Waals surface area contributed by atoms with Gasteiger partial charge in [0.25, 0.3) is 0 Å². The lowest BCUT2D eigenvalue weighted by molar-refractivity contribution is -0.223. The Hall–Kier alpha value is -2.52. The summed E-state index contributed by atoms with van der Waals surface area (Å²) in [6.07, 6.45) is 4.40. The second-order valence-corrected chi connectivity index (χ2v) is 6.29. The zero-order valence-corrected chi connectivity index (χ0v) is 15.7. The van der Waals surface area contributed by atoms with Crippen molar-refractivity contribution in [3.05, 3.63) is 30.2 Å². The number of carbonyl (C=O) groups is 1. The first-order valence-electron chi connectivity index (χ1n) is 8.55. The number of halogens is 1. The molecule has 0 radical (unpaired) electrons. The molecule has 0 fully saturated rings. The van der Waals surface area contributed by atoms with Gasteiger partial charge in [0.15, 0.2) is 6.80 Å². The van der Waals surface area contributed by atoms with Crippen LogP contribution in [0, 0.1) is 5.92 Å². The molecule has 3 N–H and O–H groups in total. The van der Waals surface area contributed by atoms with Crippen LogP contribution in [0.2, 0.25) is 0 Å². The summed E-state index contributed by atoms with van der Waals surface area (Å²) in [4.78, 5) is 15.4. The summed E-state index contributed by atoms with van der Waals surface area (Å²) in [5.74, 6) is -2.45. The van der Waals surface area contributed by atoms with Crippen LogP contribution < -0.4 is 5.73 Å². The highest BCUT2D eigenvalue weighted by molar-refractivity contribution is 5.72. The molecule has 0 bridgehead atoms. The molecule has 0 aliphatic heterocycles. The first-order valence-corrected chi connectivity index (χ1v) is 8.55. The number of carboxylic acid groups (broad SMARTS) is 1. The first kappa shape index (κ1) is 20.8. The highest BCUT2D eigenvalue weighted by atomic mass is 19.1. The third-order valence-corrected chi connectivity index (χ3v) is 4.63. The molecule has 2 rings (SSSR count). The van der Waals surface area contributed by atoms with Crippen LogP contribution in [0.15, 0.2) is 24.5 Å². The lowest BCUT2D eigenvalue weighted by Gasteiger charge is -2.31. The molecule has 9 heteroatoms. The fourth-order valence-corrected chi connectivity index (χ4v) is 2.98. The minimum atomic E-state index is -1.15. The second-order valence-electron chi connectivity index (χ2n) is 6.29. The number of nitrogens with zero attached hydrogens (tertiary/aromatic N) is 3. The van der Waals surface area contributed by atoms with Crippen LogP contribution in [0.25, 0.3) is 11.3 Å². The molecule has 27 heavy (non-hydrogen) atoms. The van der Waals surface area contributed by atoms with E-state index in [0.717, 1.165) is 4.68 Å². The quantitative estimate of drug-likeness (QED) is 0.609. The van der Waals surface area contributed by atoms with E-state index in [1.165, 1.54) is 20.4 Å². The average molecular weight is 380 g/mol. The van der Waals surface area contributed by atoms with Crippen molar-refractivity contribution in [2.75, 3.05) is 20.0 Å². The van der Waals surface area contributed by atoms with E-state index in [9.17, 15) is 9.18 Å². The Morgan fingerprint density at radius 2 is 2.15 bits per heavy atom. The fourth-order valence-electron chi connectivity index (χ4n) is 2.98. The lowest BCUT2D eigenvalue weighted by Crippen LogP contribution is -2.32. The zero-order valence-electron chi connectivity index (χ0n) is 15.7. The molecule has 2 aromatic rings. The number of pyridine rings is 1. The van der Waals surface area contributed by atoms with Crippen LogP contribution in [0.4, 0.5) is 10.1 Å². The van der Waals surface area contributed by atoms with Crippen molar-refractivity contribution >= 4 is 11.7 Å². The van der Waals surface area contributed by atoms with Gasteiger partial charge in [0.1, 0.15) is 5.69 Å². The molecule has 0 unspecified atom stereocenters. The van der Waals surface area contributed by atoms with Gasteiger partial charge in [-0.1, -0.05) is 6.92 Å². The number of anilines is 1. The van der Waals surface area contributed by atoms with Gasteiger partial charge in [0.2, 0.25) is 5.79 Å². The molecule has 2 heterocycles. The number of ether oxygens (including phenoxy) is 2. The lowest BCUT2D eigenvalue weighted by atomic mass is 9.97. The van der Waals surface area contributed by atoms with E-state index in [0.29, 0.717) is 41.9 Å². The monoisotopic (exact) mass is 380 g/mol. The largest absolute Gasteiger partial charge is 0.481 e. The predicted octanol–water partition coefficient (Wildman–Crippen LogP) is 2.79. The number of rotatable bonds is 10. The molecule has 8 nitrogen and oxygen atoms in total. The maximum atomic E-state index is 13.2. The smallest absolute Gasteiger partial charge is 0.306 e. The number of alkyl halides is 1. The van der Waals surface area contributed by atoms with Gasteiger partial charge in [-0.05, 0) is 25.0 Å². The SMILES string of the molecule is COC(CCC[C@@H](C)C(=O)O)(OC)c1cc(-c2c(N)cnn2CF)ccn1. The summed E-state index contributed by atoms with van der Waals surface area (Å²) >= 11 is 0. The zero-order chi connectivity index (χ0) is 20.0. The Kier molecular flexibility index (Phi) is 6.86. The molecule has 0 amide bonds. The average Bonchev–Trinajstić information content (AvgIpc) is 3.06. The van der Waals surface area contributed by atoms with Crippen LogP contribution in [0.1, 0.15) is 31.9 Å². The molecule has 0 aliphatic rings. The Morgan fingerprint density at radius 1 is 1.44 bits per heavy atom. The molecular weight excluding hydrogens is 355 g/mol. The predicted molar refractivity (Wildman–Crippen MR) is 97.3 cm³/mol. The number of hydrogen-bond donors (Lipinski definition) is 2. The van der Waals surface area contributed by atoms with Crippen molar-refractivity contribution in [3.8, 4) is 11.3 Å². The molecule has 0 aromatic carbocycles. The van der Waals surface area contributed by atoms with Crippen LogP contribution >= 0.6 is 0 Å². The Morgan fingerprint density at radius 3 is 2.74 bits per heavy atom. The summed E-state index contributed by atoms with van der Waals surface area (Å²) in [6, 6.07) is 3.42. The number of carboxylic acids is 1. The normalized spacial score (nSPS) is 12.9. The summed E-state index contributed by atoms with van der Waals surface area (Å²) in [6.45, 7) is 0.848. The van der Waals surface area contributed by atoms with E-state index in [4.69, 9.17) is 20.3 Å². The molecule has 0 aliphatic carbocycles. The van der Waals surface area contributed by atoms with Crippen molar-refractivity contribution < 1.29 is 23.8 Å². The van der Waals surface area contributed by atoms with Crippen LogP contribution in [0.5, 0.6) is 0 Å². The van der Waals surface area contributed by atoms with E-state index in [1.807, 2.05) is 0 Å². The molecule has 0 saturated heterocycles. The highest BCUT2D eigenvalue weighted by Gasteiger charge is 2.34. The van der Waals surface area contributed by atoms with Crippen molar-refractivity contribution in [1.29, 1.82) is 0 Å². The Balaban J connectivity index is 2.32. The molecule has 1 atom stereocenters. The van der Waals surface area contributed by atoms with Gasteiger partial charge in [-0.25, -0.2) is 9.07 Å². The van der Waals surface area contributed by atoms with Gasteiger partial charge in [-0.15, -0.1) is 0 Å². The number of nitrogen functional groups attached to an aromatic ring is 1. The third kappa shape index (κ3) is 4.42. The van der Waals surface area contributed by atoms with Gasteiger partial charge in [-0.3, -0.25) is 9.78 Å². The summed E-state index contributed by atoms with van der Waals surface area (Å²) in [5, 5.41) is 12.9. The van der Waals surface area contributed by atoms with Crippen LogP contribution in [0.3, 0.4) is 0 Å². The van der Waals surface area contributed by atoms with Crippen molar-refractivity contribution in [3.63, 3.8) is 0 Å². The minimum absolute atomic E-state index is 0.348.